The molecule has 108 valence electrons. The average molecular weight is 276 g/mol. The number of ether oxygens (including phenoxy) is 1. The molecule has 0 unspecified atom stereocenters. The molecule has 3 rings (SSSR count). The molecule has 0 saturated carbocycles. The van der Waals surface area contributed by atoms with Crippen LogP contribution in [0.4, 0.5) is 5.95 Å². The van der Waals surface area contributed by atoms with Crippen molar-refractivity contribution in [2.75, 3.05) is 44.3 Å². The van der Waals surface area contributed by atoms with E-state index in [1.54, 1.807) is 12.4 Å². The zero-order chi connectivity index (χ0) is 13.8. The number of amides is 1. The first-order chi connectivity index (χ1) is 9.84. The van der Waals surface area contributed by atoms with Gasteiger partial charge in [0.1, 0.15) is 0 Å². The molecule has 1 amide bonds. The molecule has 0 spiro atoms. The van der Waals surface area contributed by atoms with Gasteiger partial charge in [-0.3, -0.25) is 4.79 Å². The minimum absolute atomic E-state index is 0.0608. The third-order valence-electron chi connectivity index (χ3n) is 3.93. The highest BCUT2D eigenvalue weighted by atomic mass is 16.5. The third-order valence-corrected chi connectivity index (χ3v) is 3.93. The van der Waals surface area contributed by atoms with Crippen LogP contribution < -0.4 is 4.90 Å². The Morgan fingerprint density at radius 3 is 2.70 bits per heavy atom. The summed E-state index contributed by atoms with van der Waals surface area (Å²) < 4.78 is 5.30. The Morgan fingerprint density at radius 1 is 1.20 bits per heavy atom. The summed E-state index contributed by atoms with van der Waals surface area (Å²) in [5, 5.41) is 0. The van der Waals surface area contributed by atoms with Crippen LogP contribution in [0.1, 0.15) is 12.8 Å². The zero-order valence-corrected chi connectivity index (χ0v) is 11.6. The standard InChI is InChI=1S/C14H20N4O2/c19-13(17-7-9-20-10-8-17)12-3-1-6-18(11-12)14-15-4-2-5-16-14/h2,4-5,12H,1,3,6-11H2/t12-/m0/s1. The van der Waals surface area contributed by atoms with E-state index in [1.807, 2.05) is 11.0 Å². The van der Waals surface area contributed by atoms with Crippen molar-refractivity contribution in [3.8, 4) is 0 Å². The molecule has 2 fully saturated rings. The number of carbonyl (C=O) groups excluding carboxylic acids is 1. The normalized spacial score (nSPS) is 23.7. The number of hydrogen-bond acceptors (Lipinski definition) is 5. The van der Waals surface area contributed by atoms with E-state index in [0.717, 1.165) is 45.0 Å². The van der Waals surface area contributed by atoms with Gasteiger partial charge in [-0.2, -0.15) is 0 Å². The van der Waals surface area contributed by atoms with Crippen LogP contribution in [0.2, 0.25) is 0 Å². The number of anilines is 1. The summed E-state index contributed by atoms with van der Waals surface area (Å²) in [7, 11) is 0. The van der Waals surface area contributed by atoms with Gasteiger partial charge in [-0.05, 0) is 18.9 Å². The Kier molecular flexibility index (Phi) is 4.11. The lowest BCUT2D eigenvalue weighted by molar-refractivity contribution is -0.139. The number of morpholine rings is 1. The fourth-order valence-corrected chi connectivity index (χ4v) is 2.86. The van der Waals surface area contributed by atoms with Gasteiger partial charge in [-0.1, -0.05) is 0 Å². The number of rotatable bonds is 2. The second-order valence-corrected chi connectivity index (χ2v) is 5.27. The molecule has 0 aliphatic carbocycles. The molecule has 20 heavy (non-hydrogen) atoms. The smallest absolute Gasteiger partial charge is 0.227 e. The van der Waals surface area contributed by atoms with Gasteiger partial charge in [-0.25, -0.2) is 9.97 Å². The maximum Gasteiger partial charge on any atom is 0.227 e. The van der Waals surface area contributed by atoms with Crippen LogP contribution in [0.25, 0.3) is 0 Å². The van der Waals surface area contributed by atoms with Crippen molar-refractivity contribution in [3.05, 3.63) is 18.5 Å². The Hall–Kier alpha value is -1.69. The van der Waals surface area contributed by atoms with Gasteiger partial charge in [-0.15, -0.1) is 0 Å². The molecule has 6 nitrogen and oxygen atoms in total. The number of piperidine rings is 1. The predicted octanol–water partition coefficient (Wildman–Crippen LogP) is 0.552. The zero-order valence-electron chi connectivity index (χ0n) is 11.6. The highest BCUT2D eigenvalue weighted by Gasteiger charge is 2.30. The minimum Gasteiger partial charge on any atom is -0.378 e. The topological polar surface area (TPSA) is 58.6 Å². The molecular weight excluding hydrogens is 256 g/mol. The summed E-state index contributed by atoms with van der Waals surface area (Å²) in [4.78, 5) is 25.1. The first-order valence-corrected chi connectivity index (χ1v) is 7.23. The summed E-state index contributed by atoms with van der Waals surface area (Å²) in [5.74, 6) is 1.05. The molecule has 0 radical (unpaired) electrons. The van der Waals surface area contributed by atoms with E-state index in [2.05, 4.69) is 14.9 Å². The second kappa shape index (κ2) is 6.17. The maximum absolute atomic E-state index is 12.5. The predicted molar refractivity (Wildman–Crippen MR) is 74.4 cm³/mol. The van der Waals surface area contributed by atoms with E-state index in [4.69, 9.17) is 4.74 Å². The molecule has 1 atom stereocenters. The molecular formula is C14H20N4O2. The summed E-state index contributed by atoms with van der Waals surface area (Å²) >= 11 is 0. The van der Waals surface area contributed by atoms with E-state index >= 15 is 0 Å². The van der Waals surface area contributed by atoms with Gasteiger partial charge < -0.3 is 14.5 Å². The number of carbonyl (C=O) groups is 1. The molecule has 3 heterocycles. The van der Waals surface area contributed by atoms with Crippen LogP contribution in [0.5, 0.6) is 0 Å². The SMILES string of the molecule is O=C([C@H]1CCCN(c2ncccn2)C1)N1CCOCC1. The van der Waals surface area contributed by atoms with Crippen LogP contribution >= 0.6 is 0 Å². The van der Waals surface area contributed by atoms with E-state index in [1.165, 1.54) is 0 Å². The number of hydrogen-bond donors (Lipinski definition) is 0. The third kappa shape index (κ3) is 2.90. The number of nitrogens with zero attached hydrogens (tertiary/aromatic N) is 4. The summed E-state index contributed by atoms with van der Waals surface area (Å²) in [5.41, 5.74) is 0. The van der Waals surface area contributed by atoms with Crippen LogP contribution in [0.15, 0.2) is 18.5 Å². The van der Waals surface area contributed by atoms with Gasteiger partial charge in [0.05, 0.1) is 19.1 Å². The van der Waals surface area contributed by atoms with Crippen molar-refractivity contribution in [1.29, 1.82) is 0 Å². The first-order valence-electron chi connectivity index (χ1n) is 7.23. The average Bonchev–Trinajstić information content (AvgIpc) is 2.56. The number of aromatic nitrogens is 2. The Balaban J connectivity index is 1.64. The van der Waals surface area contributed by atoms with Crippen molar-refractivity contribution in [2.45, 2.75) is 12.8 Å². The lowest BCUT2D eigenvalue weighted by Crippen LogP contribution is -2.48. The lowest BCUT2D eigenvalue weighted by Gasteiger charge is -2.36. The molecule has 0 N–H and O–H groups in total. The van der Waals surface area contributed by atoms with Crippen molar-refractivity contribution < 1.29 is 9.53 Å². The van der Waals surface area contributed by atoms with Crippen molar-refractivity contribution in [2.24, 2.45) is 5.92 Å². The fraction of sp³-hybridized carbons (Fsp3) is 0.643. The lowest BCUT2D eigenvalue weighted by atomic mass is 9.96. The summed E-state index contributed by atoms with van der Waals surface area (Å²) in [6.07, 6.45) is 5.46. The van der Waals surface area contributed by atoms with Gasteiger partial charge in [0.25, 0.3) is 0 Å². The first kappa shape index (κ1) is 13.3. The van der Waals surface area contributed by atoms with E-state index in [-0.39, 0.29) is 11.8 Å². The molecule has 6 heteroatoms. The summed E-state index contributed by atoms with van der Waals surface area (Å²) in [6.45, 7) is 4.40. The van der Waals surface area contributed by atoms with Gasteiger partial charge >= 0.3 is 0 Å². The Morgan fingerprint density at radius 2 is 1.95 bits per heavy atom. The van der Waals surface area contributed by atoms with Crippen molar-refractivity contribution >= 4 is 11.9 Å². The van der Waals surface area contributed by atoms with E-state index < -0.39 is 0 Å². The van der Waals surface area contributed by atoms with Crippen LogP contribution in [-0.2, 0) is 9.53 Å². The molecule has 0 bridgehead atoms. The van der Waals surface area contributed by atoms with Gasteiger partial charge in [0.2, 0.25) is 11.9 Å². The Labute approximate surface area is 118 Å². The summed E-state index contributed by atoms with van der Waals surface area (Å²) in [6, 6.07) is 1.81. The van der Waals surface area contributed by atoms with E-state index in [9.17, 15) is 4.79 Å². The molecule has 0 aromatic carbocycles. The maximum atomic E-state index is 12.5. The largest absolute Gasteiger partial charge is 0.378 e. The minimum atomic E-state index is 0.0608. The molecule has 2 aliphatic rings. The van der Waals surface area contributed by atoms with Gasteiger partial charge in [0, 0.05) is 38.6 Å². The molecule has 2 saturated heterocycles. The monoisotopic (exact) mass is 276 g/mol. The highest BCUT2D eigenvalue weighted by molar-refractivity contribution is 5.79. The van der Waals surface area contributed by atoms with E-state index in [0.29, 0.717) is 13.2 Å². The van der Waals surface area contributed by atoms with Crippen molar-refractivity contribution in [3.63, 3.8) is 0 Å². The second-order valence-electron chi connectivity index (χ2n) is 5.27. The highest BCUT2D eigenvalue weighted by Crippen LogP contribution is 2.22. The Bertz CT molecular complexity index is 448. The van der Waals surface area contributed by atoms with Crippen LogP contribution in [-0.4, -0.2) is 60.2 Å². The van der Waals surface area contributed by atoms with Crippen LogP contribution in [0, 0.1) is 5.92 Å². The van der Waals surface area contributed by atoms with Gasteiger partial charge in [0.15, 0.2) is 0 Å². The fourth-order valence-electron chi connectivity index (χ4n) is 2.86. The quantitative estimate of drug-likeness (QED) is 0.789. The van der Waals surface area contributed by atoms with Crippen LogP contribution in [0.3, 0.4) is 0 Å². The van der Waals surface area contributed by atoms with Crippen molar-refractivity contribution in [1.82, 2.24) is 14.9 Å². The molecule has 1 aromatic heterocycles. The molecule has 1 aromatic rings. The molecule has 2 aliphatic heterocycles.